The van der Waals surface area contributed by atoms with Crippen molar-refractivity contribution in [2.45, 2.75) is 25.4 Å². The summed E-state index contributed by atoms with van der Waals surface area (Å²) in [6.45, 7) is 1.36. The molecule has 1 saturated heterocycles. The third-order valence-corrected chi connectivity index (χ3v) is 4.16. The first-order valence-electron chi connectivity index (χ1n) is 8.26. The fourth-order valence-corrected chi connectivity index (χ4v) is 2.91. The molecule has 0 radical (unpaired) electrons. The van der Waals surface area contributed by atoms with E-state index in [2.05, 4.69) is 4.98 Å². The van der Waals surface area contributed by atoms with E-state index in [1.54, 1.807) is 23.1 Å². The van der Waals surface area contributed by atoms with Crippen molar-refractivity contribution in [1.82, 2.24) is 9.88 Å². The first-order chi connectivity index (χ1) is 12.2. The van der Waals surface area contributed by atoms with Crippen LogP contribution in [0.4, 0.5) is 5.82 Å². The molecule has 1 aromatic heterocycles. The molecule has 1 atom stereocenters. The Morgan fingerprint density at radius 1 is 1.12 bits per heavy atom. The highest BCUT2D eigenvalue weighted by Crippen LogP contribution is 2.30. The standard InChI is InChI=1S/C18H19N3O4/c22-18(20-12-5-2-6-13-20)16(14-8-3-1-4-9-14)25-15-10-7-11-19-17(15)21(23)24/h1,3-4,7-11,16H,2,5-6,12-13H2/t16-/m1/s1. The number of hydrogen-bond donors (Lipinski definition) is 0. The van der Waals surface area contributed by atoms with Gasteiger partial charge in [0.05, 0.1) is 0 Å². The number of carbonyl (C=O) groups excluding carboxylic acids is 1. The second-order valence-corrected chi connectivity index (χ2v) is 5.88. The van der Waals surface area contributed by atoms with Crippen molar-refractivity contribution >= 4 is 11.7 Å². The van der Waals surface area contributed by atoms with Gasteiger partial charge >= 0.3 is 5.82 Å². The molecule has 1 aromatic carbocycles. The predicted octanol–water partition coefficient (Wildman–Crippen LogP) is 3.12. The number of nitrogens with zero attached hydrogens (tertiary/aromatic N) is 3. The van der Waals surface area contributed by atoms with E-state index in [4.69, 9.17) is 4.74 Å². The largest absolute Gasteiger partial charge is 0.467 e. The molecule has 7 nitrogen and oxygen atoms in total. The molecule has 0 aliphatic carbocycles. The van der Waals surface area contributed by atoms with Gasteiger partial charge in [0.2, 0.25) is 11.9 Å². The second-order valence-electron chi connectivity index (χ2n) is 5.88. The maximum atomic E-state index is 13.0. The predicted molar refractivity (Wildman–Crippen MR) is 91.1 cm³/mol. The van der Waals surface area contributed by atoms with E-state index in [1.165, 1.54) is 12.3 Å². The zero-order chi connectivity index (χ0) is 17.6. The van der Waals surface area contributed by atoms with Crippen LogP contribution in [0.5, 0.6) is 5.75 Å². The number of nitro groups is 1. The number of aromatic nitrogens is 1. The van der Waals surface area contributed by atoms with Crippen molar-refractivity contribution in [3.63, 3.8) is 0 Å². The van der Waals surface area contributed by atoms with Crippen molar-refractivity contribution in [1.29, 1.82) is 0 Å². The molecular weight excluding hydrogens is 322 g/mol. The molecule has 2 heterocycles. The van der Waals surface area contributed by atoms with E-state index >= 15 is 0 Å². The van der Waals surface area contributed by atoms with Crippen molar-refractivity contribution in [3.05, 3.63) is 64.3 Å². The number of pyridine rings is 1. The Morgan fingerprint density at radius 2 is 1.84 bits per heavy atom. The summed E-state index contributed by atoms with van der Waals surface area (Å²) in [5, 5.41) is 11.2. The number of benzene rings is 1. The molecule has 1 aliphatic heterocycles. The molecule has 0 unspecified atom stereocenters. The van der Waals surface area contributed by atoms with E-state index in [9.17, 15) is 14.9 Å². The topological polar surface area (TPSA) is 85.6 Å². The first-order valence-corrected chi connectivity index (χ1v) is 8.26. The van der Waals surface area contributed by atoms with Crippen molar-refractivity contribution < 1.29 is 14.5 Å². The Balaban J connectivity index is 1.92. The van der Waals surface area contributed by atoms with E-state index < -0.39 is 16.8 Å². The minimum atomic E-state index is -0.929. The molecular formula is C18H19N3O4. The summed E-state index contributed by atoms with van der Waals surface area (Å²) in [6, 6.07) is 12.1. The van der Waals surface area contributed by atoms with E-state index in [-0.39, 0.29) is 11.7 Å². The van der Waals surface area contributed by atoms with Gasteiger partial charge in [0.25, 0.3) is 5.91 Å². The molecule has 0 bridgehead atoms. The van der Waals surface area contributed by atoms with Crippen molar-refractivity contribution in [3.8, 4) is 5.75 Å². The molecule has 1 amide bonds. The Labute approximate surface area is 145 Å². The normalized spacial score (nSPS) is 15.4. The lowest BCUT2D eigenvalue weighted by atomic mass is 10.1. The minimum absolute atomic E-state index is 0.00767. The third-order valence-electron chi connectivity index (χ3n) is 4.16. The molecule has 0 spiro atoms. The van der Waals surface area contributed by atoms with Gasteiger partial charge in [-0.2, -0.15) is 0 Å². The number of likely N-dealkylation sites (tertiary alicyclic amines) is 1. The molecule has 1 aliphatic rings. The van der Waals surface area contributed by atoms with Gasteiger partial charge in [0.15, 0.2) is 0 Å². The van der Waals surface area contributed by atoms with Gasteiger partial charge in [0.1, 0.15) is 6.20 Å². The third kappa shape index (κ3) is 3.93. The average molecular weight is 341 g/mol. The summed E-state index contributed by atoms with van der Waals surface area (Å²) in [6.07, 6.45) is 3.42. The van der Waals surface area contributed by atoms with E-state index in [0.29, 0.717) is 18.7 Å². The number of amides is 1. The summed E-state index contributed by atoms with van der Waals surface area (Å²) in [7, 11) is 0. The molecule has 0 saturated carbocycles. The molecule has 25 heavy (non-hydrogen) atoms. The fraction of sp³-hybridized carbons (Fsp3) is 0.333. The van der Waals surface area contributed by atoms with Crippen LogP contribution in [0, 0.1) is 10.1 Å². The van der Waals surface area contributed by atoms with Gasteiger partial charge < -0.3 is 19.8 Å². The van der Waals surface area contributed by atoms with Gasteiger partial charge in [-0.05, 0) is 41.3 Å². The number of hydrogen-bond acceptors (Lipinski definition) is 5. The Hall–Kier alpha value is -2.96. The summed E-state index contributed by atoms with van der Waals surface area (Å²) in [4.78, 5) is 29.1. The van der Waals surface area contributed by atoms with Gasteiger partial charge in [-0.3, -0.25) is 4.79 Å². The molecule has 1 fully saturated rings. The Kier molecular flexibility index (Phi) is 5.23. The molecule has 3 rings (SSSR count). The van der Waals surface area contributed by atoms with Crippen LogP contribution in [0.3, 0.4) is 0 Å². The van der Waals surface area contributed by atoms with Crippen LogP contribution < -0.4 is 4.74 Å². The zero-order valence-corrected chi connectivity index (χ0v) is 13.7. The number of piperidine rings is 1. The van der Waals surface area contributed by atoms with Crippen LogP contribution in [0.15, 0.2) is 48.7 Å². The monoisotopic (exact) mass is 341 g/mol. The van der Waals surface area contributed by atoms with Crippen molar-refractivity contribution in [2.24, 2.45) is 0 Å². The summed E-state index contributed by atoms with van der Waals surface area (Å²) in [5.41, 5.74) is 0.663. The van der Waals surface area contributed by atoms with Crippen LogP contribution in [0.2, 0.25) is 0 Å². The van der Waals surface area contributed by atoms with Gasteiger partial charge in [-0.15, -0.1) is 0 Å². The van der Waals surface area contributed by atoms with Crippen LogP contribution in [-0.4, -0.2) is 33.8 Å². The highest BCUT2D eigenvalue weighted by atomic mass is 16.6. The number of ether oxygens (including phenoxy) is 1. The van der Waals surface area contributed by atoms with Gasteiger partial charge in [0, 0.05) is 18.7 Å². The first kappa shape index (κ1) is 16.9. The lowest BCUT2D eigenvalue weighted by Gasteiger charge is -2.30. The molecule has 0 N–H and O–H groups in total. The van der Waals surface area contributed by atoms with Gasteiger partial charge in [-0.1, -0.05) is 30.3 Å². The SMILES string of the molecule is O=C([C@H](Oc1cccnc1[N+](=O)[O-])c1ccccc1)N1CCCCC1. The minimum Gasteiger partial charge on any atom is -0.467 e. The maximum absolute atomic E-state index is 13.0. The maximum Gasteiger partial charge on any atom is 0.406 e. The lowest BCUT2D eigenvalue weighted by molar-refractivity contribution is -0.390. The number of carbonyl (C=O) groups is 1. The Morgan fingerprint density at radius 3 is 2.52 bits per heavy atom. The quantitative estimate of drug-likeness (QED) is 0.616. The second kappa shape index (κ2) is 7.74. The highest BCUT2D eigenvalue weighted by molar-refractivity contribution is 5.83. The molecule has 7 heteroatoms. The van der Waals surface area contributed by atoms with Crippen LogP contribution in [0.1, 0.15) is 30.9 Å². The summed E-state index contributed by atoms with van der Waals surface area (Å²) < 4.78 is 5.81. The average Bonchev–Trinajstić information content (AvgIpc) is 2.67. The fourth-order valence-electron chi connectivity index (χ4n) is 2.91. The van der Waals surface area contributed by atoms with Crippen LogP contribution in [-0.2, 0) is 4.79 Å². The van der Waals surface area contributed by atoms with Crippen molar-refractivity contribution in [2.75, 3.05) is 13.1 Å². The molecule has 130 valence electrons. The van der Waals surface area contributed by atoms with Gasteiger partial charge in [-0.25, -0.2) is 0 Å². The van der Waals surface area contributed by atoms with Crippen LogP contribution in [0.25, 0.3) is 0 Å². The lowest BCUT2D eigenvalue weighted by Crippen LogP contribution is -2.40. The van der Waals surface area contributed by atoms with E-state index in [1.807, 2.05) is 18.2 Å². The highest BCUT2D eigenvalue weighted by Gasteiger charge is 2.31. The number of rotatable bonds is 5. The molecule has 2 aromatic rings. The van der Waals surface area contributed by atoms with E-state index in [0.717, 1.165) is 19.3 Å². The Bertz CT molecular complexity index is 745. The van der Waals surface area contributed by atoms with Crippen LogP contribution >= 0.6 is 0 Å². The summed E-state index contributed by atoms with van der Waals surface area (Å²) in [5.74, 6) is -0.578. The smallest absolute Gasteiger partial charge is 0.406 e. The summed E-state index contributed by atoms with van der Waals surface area (Å²) >= 11 is 0. The zero-order valence-electron chi connectivity index (χ0n) is 13.7.